The van der Waals surface area contributed by atoms with Crippen molar-refractivity contribution in [2.45, 2.75) is 95.6 Å². The van der Waals surface area contributed by atoms with E-state index in [2.05, 4.69) is 43.7 Å². The van der Waals surface area contributed by atoms with Gasteiger partial charge in [0.1, 0.15) is 0 Å². The van der Waals surface area contributed by atoms with E-state index in [1.807, 2.05) is 0 Å². The van der Waals surface area contributed by atoms with Gasteiger partial charge in [-0.15, -0.1) is 5.54 Å². The first-order chi connectivity index (χ1) is 10.8. The average Bonchev–Trinajstić information content (AvgIpc) is 3.17. The molecule has 0 amide bonds. The van der Waals surface area contributed by atoms with Crippen LogP contribution in [0.15, 0.2) is 0 Å². The Bertz CT molecular complexity index is 399. The standard InChI is InChI=1S/C19H38N3Si.3CH3.Ti/c1-19(2,3)20-23(4,5)18-15-16(21-10-6-7-11-21)14-17(18)22-12-8-9-13-22;;;;/h16-18H,6-15H2,1-5H3;3*1H3;/q4*-1;+4. The summed E-state index contributed by atoms with van der Waals surface area (Å²) in [4.78, 5) is 11.1. The van der Waals surface area contributed by atoms with Gasteiger partial charge >= 0.3 is 21.7 Å². The summed E-state index contributed by atoms with van der Waals surface area (Å²) in [6.07, 6.45) is 8.50. The van der Waals surface area contributed by atoms with Crippen LogP contribution in [0.4, 0.5) is 0 Å². The second kappa shape index (κ2) is 11.9. The van der Waals surface area contributed by atoms with Crippen LogP contribution in [0.25, 0.3) is 4.98 Å². The van der Waals surface area contributed by atoms with Crippen LogP contribution < -0.4 is 0 Å². The minimum absolute atomic E-state index is 0. The first-order valence-corrected chi connectivity index (χ1v) is 13.0. The Morgan fingerprint density at radius 3 is 1.67 bits per heavy atom. The molecule has 27 heavy (non-hydrogen) atoms. The maximum atomic E-state index is 5.40. The fraction of sp³-hybridized carbons (Fsp3) is 0.864. The second-order valence-electron chi connectivity index (χ2n) is 9.72. The molecule has 0 bridgehead atoms. The van der Waals surface area contributed by atoms with Gasteiger partial charge in [-0.2, -0.15) is 0 Å². The van der Waals surface area contributed by atoms with Crippen LogP contribution >= 0.6 is 0 Å². The molecule has 3 fully saturated rings. The van der Waals surface area contributed by atoms with Gasteiger partial charge in [0.2, 0.25) is 0 Å². The van der Waals surface area contributed by atoms with Crippen molar-refractivity contribution in [3.63, 3.8) is 0 Å². The van der Waals surface area contributed by atoms with Crippen molar-refractivity contribution in [3.8, 4) is 0 Å². The maximum absolute atomic E-state index is 5.40. The summed E-state index contributed by atoms with van der Waals surface area (Å²) < 4.78 is 0. The van der Waals surface area contributed by atoms with E-state index in [-0.39, 0.29) is 49.5 Å². The van der Waals surface area contributed by atoms with E-state index in [0.29, 0.717) is 0 Å². The molecule has 0 aromatic carbocycles. The summed E-state index contributed by atoms with van der Waals surface area (Å²) in [7, 11) is -1.57. The molecule has 2 saturated heterocycles. The molecule has 3 aliphatic rings. The molecule has 2 heterocycles. The topological polar surface area (TPSA) is 20.6 Å². The molecule has 3 nitrogen and oxygen atoms in total. The van der Waals surface area contributed by atoms with Crippen molar-refractivity contribution in [1.29, 1.82) is 0 Å². The molecule has 0 aromatic rings. The zero-order chi connectivity index (χ0) is 16.7. The summed E-state index contributed by atoms with van der Waals surface area (Å²) in [5.41, 5.74) is 0.974. The predicted octanol–water partition coefficient (Wildman–Crippen LogP) is 5.80. The van der Waals surface area contributed by atoms with Crippen molar-refractivity contribution >= 4 is 8.24 Å². The van der Waals surface area contributed by atoms with E-state index in [1.165, 1.54) is 64.7 Å². The third kappa shape index (κ3) is 7.53. The Morgan fingerprint density at radius 1 is 0.778 bits per heavy atom. The van der Waals surface area contributed by atoms with Crippen molar-refractivity contribution in [3.05, 3.63) is 27.3 Å². The Balaban J connectivity index is 0. The van der Waals surface area contributed by atoms with Crippen molar-refractivity contribution in [2.75, 3.05) is 26.2 Å². The van der Waals surface area contributed by atoms with Gasteiger partial charge in [0.25, 0.3) is 0 Å². The summed E-state index contributed by atoms with van der Waals surface area (Å²) in [5.74, 6) is 0. The minimum Gasteiger partial charge on any atom is -0.660 e. The maximum Gasteiger partial charge on any atom is 4.00 e. The van der Waals surface area contributed by atoms with E-state index < -0.39 is 8.24 Å². The predicted molar refractivity (Wildman–Crippen MR) is 122 cm³/mol. The summed E-state index contributed by atoms with van der Waals surface area (Å²) in [5, 5.41) is 0. The molecule has 3 unspecified atom stereocenters. The first-order valence-electron chi connectivity index (χ1n) is 9.98. The summed E-state index contributed by atoms with van der Waals surface area (Å²) in [6, 6.07) is 1.66. The molecule has 5 heteroatoms. The third-order valence-electron chi connectivity index (χ3n) is 6.30. The van der Waals surface area contributed by atoms with Crippen LogP contribution in [0, 0.1) is 22.3 Å². The van der Waals surface area contributed by atoms with Gasteiger partial charge in [0, 0.05) is 12.1 Å². The first kappa shape index (κ1) is 30.0. The SMILES string of the molecule is CC(C)(C)[N-][Si](C)(C)C1CC(N2CCCC2)CC1N1CCCC1.[CH3-].[CH3-].[CH3-].[Ti+4]. The van der Waals surface area contributed by atoms with Gasteiger partial charge in [-0.3, -0.25) is 0 Å². The number of hydrogen-bond donors (Lipinski definition) is 0. The molecule has 1 saturated carbocycles. The summed E-state index contributed by atoms with van der Waals surface area (Å²) in [6.45, 7) is 17.3. The van der Waals surface area contributed by atoms with Gasteiger partial charge in [0.15, 0.2) is 0 Å². The molecular formula is C22H47N3SiTi. The zero-order valence-corrected chi connectivity index (χ0v) is 22.2. The monoisotopic (exact) mass is 429 g/mol. The number of likely N-dealkylation sites (tertiary alicyclic amines) is 2. The molecule has 0 N–H and O–H groups in total. The second-order valence-corrected chi connectivity index (χ2v) is 14.0. The molecule has 0 aromatic heterocycles. The quantitative estimate of drug-likeness (QED) is 0.416. The van der Waals surface area contributed by atoms with E-state index in [9.17, 15) is 0 Å². The van der Waals surface area contributed by atoms with Gasteiger partial charge in [0.05, 0.1) is 0 Å². The average molecular weight is 430 g/mol. The van der Waals surface area contributed by atoms with Gasteiger partial charge < -0.3 is 37.1 Å². The molecule has 0 spiro atoms. The third-order valence-corrected chi connectivity index (χ3v) is 9.98. The smallest absolute Gasteiger partial charge is 0.660 e. The Kier molecular flexibility index (Phi) is 13.2. The van der Waals surface area contributed by atoms with E-state index in [4.69, 9.17) is 4.98 Å². The van der Waals surface area contributed by atoms with Gasteiger partial charge in [-0.25, -0.2) is 0 Å². The van der Waals surface area contributed by atoms with Crippen LogP contribution in [-0.2, 0) is 21.7 Å². The zero-order valence-electron chi connectivity index (χ0n) is 19.6. The molecule has 3 atom stereocenters. The molecule has 158 valence electrons. The van der Waals surface area contributed by atoms with Gasteiger partial charge in [-0.05, 0) is 70.2 Å². The molecule has 3 rings (SSSR count). The van der Waals surface area contributed by atoms with Crippen molar-refractivity contribution in [2.24, 2.45) is 0 Å². The Labute approximate surface area is 188 Å². The fourth-order valence-electron chi connectivity index (χ4n) is 5.58. The number of nitrogens with zero attached hydrogens (tertiary/aromatic N) is 3. The van der Waals surface area contributed by atoms with E-state index >= 15 is 0 Å². The number of rotatable bonds is 4. The number of hydrogen-bond acceptors (Lipinski definition) is 2. The minimum atomic E-state index is -1.57. The normalized spacial score (nSPS) is 29.4. The Morgan fingerprint density at radius 2 is 1.22 bits per heavy atom. The van der Waals surface area contributed by atoms with E-state index in [0.717, 1.165) is 17.6 Å². The summed E-state index contributed by atoms with van der Waals surface area (Å²) >= 11 is 0. The largest absolute Gasteiger partial charge is 4.00 e. The van der Waals surface area contributed by atoms with Crippen molar-refractivity contribution < 1.29 is 21.7 Å². The fourth-order valence-corrected chi connectivity index (χ4v) is 9.61. The van der Waals surface area contributed by atoms with Crippen LogP contribution in [0.2, 0.25) is 18.6 Å². The molecular weight excluding hydrogens is 382 g/mol. The Hall–Kier alpha value is 0.811. The molecule has 2 aliphatic heterocycles. The molecule has 0 radical (unpaired) electrons. The molecule has 1 aliphatic carbocycles. The van der Waals surface area contributed by atoms with Gasteiger partial charge in [-0.1, -0.05) is 42.1 Å². The van der Waals surface area contributed by atoms with E-state index in [1.54, 1.807) is 0 Å². The van der Waals surface area contributed by atoms with Crippen LogP contribution in [0.5, 0.6) is 0 Å². The van der Waals surface area contributed by atoms with Crippen LogP contribution in [0.3, 0.4) is 0 Å². The van der Waals surface area contributed by atoms with Crippen LogP contribution in [0.1, 0.15) is 59.3 Å². The van der Waals surface area contributed by atoms with Crippen LogP contribution in [-0.4, -0.2) is 61.8 Å². The van der Waals surface area contributed by atoms with Crippen molar-refractivity contribution in [1.82, 2.24) is 9.80 Å².